The van der Waals surface area contributed by atoms with Gasteiger partial charge in [-0.2, -0.15) is 13.2 Å². The Morgan fingerprint density at radius 3 is 2.32 bits per heavy atom. The van der Waals surface area contributed by atoms with Gasteiger partial charge in [0.2, 0.25) is 0 Å². The Morgan fingerprint density at radius 2 is 1.84 bits per heavy atom. The molecular formula is C13H17F3N2O. The lowest BCUT2D eigenvalue weighted by Crippen LogP contribution is -2.38. The zero-order valence-electron chi connectivity index (χ0n) is 10.4. The zero-order chi connectivity index (χ0) is 14.0. The molecule has 1 aliphatic rings. The molecule has 19 heavy (non-hydrogen) atoms. The van der Waals surface area contributed by atoms with Crippen molar-refractivity contribution in [3.63, 3.8) is 0 Å². The summed E-state index contributed by atoms with van der Waals surface area (Å²) in [7, 11) is 0. The molecule has 0 bridgehead atoms. The van der Waals surface area contributed by atoms with Crippen LogP contribution in [0.2, 0.25) is 0 Å². The summed E-state index contributed by atoms with van der Waals surface area (Å²) in [6, 6.07) is 6.48. The average molecular weight is 274 g/mol. The van der Waals surface area contributed by atoms with E-state index in [2.05, 4.69) is 0 Å². The molecule has 106 valence electrons. The van der Waals surface area contributed by atoms with Crippen LogP contribution in [-0.4, -0.2) is 35.3 Å². The molecule has 1 atom stereocenters. The third-order valence-corrected chi connectivity index (χ3v) is 3.17. The van der Waals surface area contributed by atoms with Crippen LogP contribution in [-0.2, 0) is 0 Å². The Labute approximate surface area is 109 Å². The molecule has 1 unspecified atom stereocenters. The Morgan fingerprint density at radius 1 is 1.26 bits per heavy atom. The fraction of sp³-hybridized carbons (Fsp3) is 0.538. The summed E-state index contributed by atoms with van der Waals surface area (Å²) >= 11 is 0. The predicted octanol–water partition coefficient (Wildman–Crippen LogP) is 2.33. The molecule has 6 heteroatoms. The average Bonchev–Trinajstić information content (AvgIpc) is 3.10. The summed E-state index contributed by atoms with van der Waals surface area (Å²) in [6.45, 7) is -0.974. The number of anilines is 1. The lowest BCUT2D eigenvalue weighted by molar-refractivity contribution is -0.149. The van der Waals surface area contributed by atoms with Crippen LogP contribution in [0.1, 0.15) is 24.5 Å². The maximum absolute atomic E-state index is 12.5. The Bertz CT molecular complexity index is 415. The molecule has 0 saturated heterocycles. The van der Waals surface area contributed by atoms with Gasteiger partial charge in [-0.3, -0.25) is 4.90 Å². The third kappa shape index (κ3) is 4.40. The molecule has 0 heterocycles. The minimum atomic E-state index is -4.23. The summed E-state index contributed by atoms with van der Waals surface area (Å²) in [5.74, 6) is 0. The number of halogens is 3. The quantitative estimate of drug-likeness (QED) is 0.810. The molecule has 1 fully saturated rings. The van der Waals surface area contributed by atoms with Crippen molar-refractivity contribution in [1.29, 1.82) is 0 Å². The summed E-state index contributed by atoms with van der Waals surface area (Å²) in [6.07, 6.45) is -3.62. The molecule has 0 aromatic heterocycles. The summed E-state index contributed by atoms with van der Waals surface area (Å²) in [5, 5.41) is 10.0. The van der Waals surface area contributed by atoms with Gasteiger partial charge in [-0.05, 0) is 30.5 Å². The van der Waals surface area contributed by atoms with Gasteiger partial charge in [0.1, 0.15) is 0 Å². The van der Waals surface area contributed by atoms with Crippen molar-refractivity contribution in [3.8, 4) is 0 Å². The maximum atomic E-state index is 12.5. The highest BCUT2D eigenvalue weighted by Crippen LogP contribution is 2.31. The van der Waals surface area contributed by atoms with Gasteiger partial charge < -0.3 is 10.8 Å². The van der Waals surface area contributed by atoms with E-state index in [0.717, 1.165) is 12.8 Å². The molecule has 0 amide bonds. The maximum Gasteiger partial charge on any atom is 0.401 e. The minimum Gasteiger partial charge on any atom is -0.399 e. The van der Waals surface area contributed by atoms with Crippen LogP contribution < -0.4 is 5.73 Å². The summed E-state index contributed by atoms with van der Waals surface area (Å²) in [5.41, 5.74) is 6.67. The lowest BCUT2D eigenvalue weighted by Gasteiger charge is -2.26. The second-order valence-corrected chi connectivity index (χ2v) is 4.96. The lowest BCUT2D eigenvalue weighted by atomic mass is 10.1. The monoisotopic (exact) mass is 274 g/mol. The first-order chi connectivity index (χ1) is 8.85. The molecule has 0 spiro atoms. The number of hydrogen-bond donors (Lipinski definition) is 2. The molecule has 3 nitrogen and oxygen atoms in total. The van der Waals surface area contributed by atoms with Crippen molar-refractivity contribution in [2.75, 3.05) is 18.8 Å². The van der Waals surface area contributed by atoms with Crippen molar-refractivity contribution < 1.29 is 18.3 Å². The second-order valence-electron chi connectivity index (χ2n) is 4.96. The minimum absolute atomic E-state index is 0.00586. The fourth-order valence-electron chi connectivity index (χ4n) is 2.06. The van der Waals surface area contributed by atoms with Gasteiger partial charge in [0.15, 0.2) is 0 Å². The van der Waals surface area contributed by atoms with E-state index < -0.39 is 18.8 Å². The highest BCUT2D eigenvalue weighted by Gasteiger charge is 2.38. The summed E-state index contributed by atoms with van der Waals surface area (Å²) in [4.78, 5) is 1.31. The molecule has 3 N–H and O–H groups in total. The van der Waals surface area contributed by atoms with Crippen LogP contribution in [0, 0.1) is 0 Å². The SMILES string of the molecule is Nc1ccc(C(O)CN(CC(F)(F)F)C2CC2)cc1. The number of nitrogens with two attached hydrogens (primary N) is 1. The van der Waals surface area contributed by atoms with E-state index in [1.807, 2.05) is 0 Å². The van der Waals surface area contributed by atoms with E-state index in [1.54, 1.807) is 24.3 Å². The van der Waals surface area contributed by atoms with Crippen LogP contribution in [0.25, 0.3) is 0 Å². The van der Waals surface area contributed by atoms with Gasteiger partial charge in [-0.25, -0.2) is 0 Å². The molecule has 1 aromatic carbocycles. The number of nitrogen functional groups attached to an aromatic ring is 1. The topological polar surface area (TPSA) is 49.5 Å². The van der Waals surface area contributed by atoms with Crippen molar-refractivity contribution in [2.24, 2.45) is 0 Å². The highest BCUT2D eigenvalue weighted by molar-refractivity contribution is 5.39. The van der Waals surface area contributed by atoms with Crippen LogP contribution in [0.3, 0.4) is 0 Å². The van der Waals surface area contributed by atoms with Crippen molar-refractivity contribution in [1.82, 2.24) is 4.90 Å². The van der Waals surface area contributed by atoms with E-state index in [0.29, 0.717) is 11.3 Å². The van der Waals surface area contributed by atoms with Crippen LogP contribution in [0.4, 0.5) is 18.9 Å². The molecule has 0 aliphatic heterocycles. The Hall–Kier alpha value is -1.27. The standard InChI is InChI=1S/C13H17F3N2O/c14-13(15,16)8-18(11-5-6-11)7-12(19)9-1-3-10(17)4-2-9/h1-4,11-12,19H,5-8,17H2. The number of hydrogen-bond acceptors (Lipinski definition) is 3. The van der Waals surface area contributed by atoms with E-state index in [4.69, 9.17) is 5.73 Å². The number of nitrogens with zero attached hydrogens (tertiary/aromatic N) is 1. The van der Waals surface area contributed by atoms with Crippen LogP contribution >= 0.6 is 0 Å². The number of aliphatic hydroxyl groups is 1. The number of alkyl halides is 3. The fourth-order valence-corrected chi connectivity index (χ4v) is 2.06. The predicted molar refractivity (Wildman–Crippen MR) is 66.5 cm³/mol. The smallest absolute Gasteiger partial charge is 0.399 e. The number of rotatable bonds is 5. The van der Waals surface area contributed by atoms with Crippen molar-refractivity contribution >= 4 is 5.69 Å². The number of aliphatic hydroxyl groups excluding tert-OH is 1. The van der Waals surface area contributed by atoms with Crippen LogP contribution in [0.5, 0.6) is 0 Å². The Balaban J connectivity index is 1.98. The zero-order valence-corrected chi connectivity index (χ0v) is 10.4. The van der Waals surface area contributed by atoms with Gasteiger partial charge in [-0.1, -0.05) is 12.1 Å². The highest BCUT2D eigenvalue weighted by atomic mass is 19.4. The van der Waals surface area contributed by atoms with Gasteiger partial charge in [0.25, 0.3) is 0 Å². The van der Waals surface area contributed by atoms with E-state index in [-0.39, 0.29) is 12.6 Å². The molecule has 1 aromatic rings. The van der Waals surface area contributed by atoms with E-state index in [1.165, 1.54) is 4.90 Å². The van der Waals surface area contributed by atoms with Gasteiger partial charge in [0, 0.05) is 18.3 Å². The molecule has 1 aliphatic carbocycles. The first-order valence-corrected chi connectivity index (χ1v) is 6.19. The first kappa shape index (κ1) is 14.1. The van der Waals surface area contributed by atoms with Crippen molar-refractivity contribution in [3.05, 3.63) is 29.8 Å². The van der Waals surface area contributed by atoms with Gasteiger partial charge in [-0.15, -0.1) is 0 Å². The summed E-state index contributed by atoms with van der Waals surface area (Å²) < 4.78 is 37.4. The van der Waals surface area contributed by atoms with Gasteiger partial charge >= 0.3 is 6.18 Å². The normalized spacial score (nSPS) is 17.7. The van der Waals surface area contributed by atoms with Crippen LogP contribution in [0.15, 0.2) is 24.3 Å². The number of benzene rings is 1. The second kappa shape index (κ2) is 5.38. The Kier molecular flexibility index (Phi) is 4.01. The first-order valence-electron chi connectivity index (χ1n) is 6.19. The molecular weight excluding hydrogens is 257 g/mol. The molecule has 2 rings (SSSR count). The van der Waals surface area contributed by atoms with Gasteiger partial charge in [0.05, 0.1) is 12.6 Å². The van der Waals surface area contributed by atoms with E-state index >= 15 is 0 Å². The third-order valence-electron chi connectivity index (χ3n) is 3.17. The molecule has 0 radical (unpaired) electrons. The largest absolute Gasteiger partial charge is 0.401 e. The van der Waals surface area contributed by atoms with Crippen molar-refractivity contribution in [2.45, 2.75) is 31.2 Å². The molecule has 1 saturated carbocycles. The van der Waals surface area contributed by atoms with E-state index in [9.17, 15) is 18.3 Å².